The highest BCUT2D eigenvalue weighted by atomic mass is 16.6. The second-order valence-corrected chi connectivity index (χ2v) is 7.63. The van der Waals surface area contributed by atoms with Gasteiger partial charge in [-0.25, -0.2) is 9.59 Å². The van der Waals surface area contributed by atoms with E-state index in [1.807, 2.05) is 0 Å². The number of hydrogen-bond donors (Lipinski definition) is 2. The first-order valence-corrected chi connectivity index (χ1v) is 11.9. The molecule has 2 N–H and O–H groups in total. The van der Waals surface area contributed by atoms with Crippen LogP contribution in [0.3, 0.4) is 0 Å². The van der Waals surface area contributed by atoms with Crippen LogP contribution in [-0.2, 0) is 19.1 Å². The van der Waals surface area contributed by atoms with Crippen molar-refractivity contribution in [2.45, 2.75) is 13.8 Å². The van der Waals surface area contributed by atoms with Crippen molar-refractivity contribution < 1.29 is 38.1 Å². The summed E-state index contributed by atoms with van der Waals surface area (Å²) in [5, 5.41) is 5.45. The normalized spacial score (nSPS) is 10.2. The fourth-order valence-electron chi connectivity index (χ4n) is 3.33. The zero-order valence-corrected chi connectivity index (χ0v) is 21.0. The Hall–Kier alpha value is -4.86. The van der Waals surface area contributed by atoms with Gasteiger partial charge in [-0.3, -0.25) is 9.59 Å². The number of carbonyl (C=O) groups excluding carboxylic acids is 4. The predicted molar refractivity (Wildman–Crippen MR) is 139 cm³/mol. The summed E-state index contributed by atoms with van der Waals surface area (Å²) in [6.45, 7) is 3.18. The molecule has 198 valence electrons. The van der Waals surface area contributed by atoms with E-state index in [1.54, 1.807) is 74.5 Å². The van der Waals surface area contributed by atoms with Gasteiger partial charge in [0.15, 0.2) is 13.2 Å². The van der Waals surface area contributed by atoms with Gasteiger partial charge < -0.3 is 29.6 Å². The van der Waals surface area contributed by atoms with Crippen molar-refractivity contribution >= 4 is 35.1 Å². The number of rotatable bonds is 12. The van der Waals surface area contributed by atoms with Crippen molar-refractivity contribution in [3.05, 3.63) is 83.9 Å². The first-order chi connectivity index (χ1) is 18.4. The lowest BCUT2D eigenvalue weighted by Crippen LogP contribution is -2.21. The molecule has 3 aromatic rings. The molecular weight excluding hydrogens is 492 g/mol. The number of hydrogen-bond acceptors (Lipinski definition) is 8. The van der Waals surface area contributed by atoms with E-state index in [0.717, 1.165) is 0 Å². The Balaban J connectivity index is 1.75. The van der Waals surface area contributed by atoms with Crippen molar-refractivity contribution in [3.63, 3.8) is 0 Å². The molecule has 3 rings (SSSR count). The van der Waals surface area contributed by atoms with E-state index in [-0.39, 0.29) is 49.1 Å². The van der Waals surface area contributed by atoms with E-state index >= 15 is 0 Å². The molecule has 10 heteroatoms. The molecule has 0 aliphatic heterocycles. The summed E-state index contributed by atoms with van der Waals surface area (Å²) in [5.74, 6) is -1.67. The SMILES string of the molecule is CCOC(=O)COc1ccccc1NC(=O)c1ccccc1C(=O)Nc1ccccc1OCC(=O)OCC. The van der Waals surface area contributed by atoms with Crippen LogP contribution in [0.4, 0.5) is 11.4 Å². The minimum atomic E-state index is -0.560. The van der Waals surface area contributed by atoms with Crippen molar-refractivity contribution in [3.8, 4) is 11.5 Å². The van der Waals surface area contributed by atoms with E-state index in [1.165, 1.54) is 12.1 Å². The number of nitrogens with one attached hydrogen (secondary N) is 2. The molecule has 2 amide bonds. The van der Waals surface area contributed by atoms with Crippen LogP contribution in [-0.4, -0.2) is 50.2 Å². The summed E-state index contributed by atoms with van der Waals surface area (Å²) in [6, 6.07) is 19.5. The van der Waals surface area contributed by atoms with Crippen LogP contribution in [0.2, 0.25) is 0 Å². The number of carbonyl (C=O) groups is 4. The third kappa shape index (κ3) is 7.82. The highest BCUT2D eigenvalue weighted by molar-refractivity contribution is 6.15. The van der Waals surface area contributed by atoms with Gasteiger partial charge in [-0.15, -0.1) is 0 Å². The molecule has 0 spiro atoms. The number of para-hydroxylation sites is 4. The summed E-state index contributed by atoms with van der Waals surface area (Å²) in [7, 11) is 0. The number of benzene rings is 3. The van der Waals surface area contributed by atoms with Crippen LogP contribution in [0.25, 0.3) is 0 Å². The van der Waals surface area contributed by atoms with E-state index in [9.17, 15) is 19.2 Å². The molecule has 0 aliphatic rings. The summed E-state index contributed by atoms with van der Waals surface area (Å²) >= 11 is 0. The Morgan fingerprint density at radius 1 is 0.579 bits per heavy atom. The Bertz CT molecular complexity index is 1190. The van der Waals surface area contributed by atoms with Crippen molar-refractivity contribution in [1.29, 1.82) is 0 Å². The fraction of sp³-hybridized carbons (Fsp3) is 0.214. The molecule has 3 aromatic carbocycles. The largest absolute Gasteiger partial charge is 0.480 e. The first-order valence-electron chi connectivity index (χ1n) is 11.9. The summed E-state index contributed by atoms with van der Waals surface area (Å²) in [5.41, 5.74) is 0.842. The Morgan fingerprint density at radius 3 is 1.34 bits per heavy atom. The van der Waals surface area contributed by atoms with Crippen LogP contribution in [0.5, 0.6) is 11.5 Å². The summed E-state index contributed by atoms with van der Waals surface area (Å²) < 4.78 is 20.7. The zero-order valence-electron chi connectivity index (χ0n) is 21.0. The molecule has 0 atom stereocenters. The Kier molecular flexibility index (Phi) is 10.2. The number of anilines is 2. The summed E-state index contributed by atoms with van der Waals surface area (Å²) in [4.78, 5) is 49.7. The van der Waals surface area contributed by atoms with Crippen molar-refractivity contribution in [1.82, 2.24) is 0 Å². The highest BCUT2D eigenvalue weighted by Crippen LogP contribution is 2.27. The lowest BCUT2D eigenvalue weighted by molar-refractivity contribution is -0.146. The highest BCUT2D eigenvalue weighted by Gasteiger charge is 2.19. The predicted octanol–water partition coefficient (Wildman–Crippen LogP) is 4.08. The maximum atomic E-state index is 13.2. The second-order valence-electron chi connectivity index (χ2n) is 7.63. The van der Waals surface area contributed by atoms with Crippen LogP contribution in [0.15, 0.2) is 72.8 Å². The average molecular weight is 521 g/mol. The van der Waals surface area contributed by atoms with Gasteiger partial charge >= 0.3 is 11.9 Å². The third-order valence-corrected chi connectivity index (χ3v) is 4.99. The molecule has 38 heavy (non-hydrogen) atoms. The van der Waals surface area contributed by atoms with Crippen molar-refractivity contribution in [2.24, 2.45) is 0 Å². The molecule has 0 radical (unpaired) electrons. The molecule has 0 heterocycles. The molecular formula is C28H28N2O8. The smallest absolute Gasteiger partial charge is 0.344 e. The van der Waals surface area contributed by atoms with Gasteiger partial charge in [0.05, 0.1) is 35.7 Å². The minimum absolute atomic E-state index is 0.107. The number of ether oxygens (including phenoxy) is 4. The Morgan fingerprint density at radius 2 is 0.947 bits per heavy atom. The molecule has 0 unspecified atom stereocenters. The first kappa shape index (κ1) is 27.7. The second kappa shape index (κ2) is 14.0. The van der Waals surface area contributed by atoms with Gasteiger partial charge in [-0.2, -0.15) is 0 Å². The van der Waals surface area contributed by atoms with E-state index in [4.69, 9.17) is 18.9 Å². The minimum Gasteiger partial charge on any atom is -0.480 e. The van der Waals surface area contributed by atoms with Gasteiger partial charge in [-0.05, 0) is 50.2 Å². The van der Waals surface area contributed by atoms with Gasteiger partial charge in [0.2, 0.25) is 0 Å². The third-order valence-electron chi connectivity index (χ3n) is 4.99. The molecule has 0 aromatic heterocycles. The molecule has 0 aliphatic carbocycles. The van der Waals surface area contributed by atoms with Gasteiger partial charge in [0.25, 0.3) is 11.8 Å². The van der Waals surface area contributed by atoms with Crippen LogP contribution < -0.4 is 20.1 Å². The molecule has 0 saturated carbocycles. The summed E-state index contributed by atoms with van der Waals surface area (Å²) in [6.07, 6.45) is 0. The maximum Gasteiger partial charge on any atom is 0.344 e. The van der Waals surface area contributed by atoms with Gasteiger partial charge in [-0.1, -0.05) is 36.4 Å². The Labute approximate surface area is 219 Å². The van der Waals surface area contributed by atoms with Crippen LogP contribution >= 0.6 is 0 Å². The van der Waals surface area contributed by atoms with Crippen LogP contribution in [0, 0.1) is 0 Å². The average Bonchev–Trinajstić information content (AvgIpc) is 2.92. The van der Waals surface area contributed by atoms with Crippen molar-refractivity contribution in [2.75, 3.05) is 37.1 Å². The monoisotopic (exact) mass is 520 g/mol. The zero-order chi connectivity index (χ0) is 27.3. The van der Waals surface area contributed by atoms with Crippen LogP contribution in [0.1, 0.15) is 34.6 Å². The topological polar surface area (TPSA) is 129 Å². The fourth-order valence-corrected chi connectivity index (χ4v) is 3.33. The van der Waals surface area contributed by atoms with E-state index < -0.39 is 23.8 Å². The maximum absolute atomic E-state index is 13.2. The number of esters is 2. The van der Waals surface area contributed by atoms with E-state index in [2.05, 4.69) is 10.6 Å². The lowest BCUT2D eigenvalue weighted by atomic mass is 10.1. The lowest BCUT2D eigenvalue weighted by Gasteiger charge is -2.15. The van der Waals surface area contributed by atoms with Gasteiger partial charge in [0.1, 0.15) is 11.5 Å². The van der Waals surface area contributed by atoms with E-state index in [0.29, 0.717) is 11.4 Å². The molecule has 0 saturated heterocycles. The quantitative estimate of drug-likeness (QED) is 0.342. The van der Waals surface area contributed by atoms with Gasteiger partial charge in [0, 0.05) is 0 Å². The molecule has 0 fully saturated rings. The molecule has 10 nitrogen and oxygen atoms in total. The standard InChI is InChI=1S/C28H28N2O8/c1-3-35-25(31)17-37-23-15-9-7-13-21(23)29-27(33)19-11-5-6-12-20(19)28(34)30-22-14-8-10-16-24(22)38-18-26(32)36-4-2/h5-16H,3-4,17-18H2,1-2H3,(H,29,33)(H,30,34). The number of amides is 2. The molecule has 0 bridgehead atoms.